The highest BCUT2D eigenvalue weighted by Crippen LogP contribution is 2.17. The number of nitrogens with zero attached hydrogens (tertiary/aromatic N) is 2. The van der Waals surface area contributed by atoms with E-state index in [1.807, 2.05) is 7.05 Å². The Morgan fingerprint density at radius 1 is 1.56 bits per heavy atom. The maximum Gasteiger partial charge on any atom is 0.320 e. The molecule has 1 heterocycles. The molecule has 0 spiro atoms. The molecule has 1 fully saturated rings. The molecule has 0 aromatic rings. The van der Waals surface area contributed by atoms with E-state index in [-0.39, 0.29) is 24.5 Å². The minimum Gasteiger partial charge on any atom is -0.469 e. The minimum atomic E-state index is -0.269. The average molecular weight is 228 g/mol. The van der Waals surface area contributed by atoms with E-state index in [0.717, 1.165) is 19.4 Å². The van der Waals surface area contributed by atoms with Gasteiger partial charge in [-0.15, -0.1) is 0 Å². The lowest BCUT2D eigenvalue weighted by atomic mass is 10.1. The molecule has 0 aromatic heterocycles. The third kappa shape index (κ3) is 2.87. The van der Waals surface area contributed by atoms with Crippen molar-refractivity contribution in [2.24, 2.45) is 0 Å². The number of hydrogen-bond acceptors (Lipinski definition) is 3. The lowest BCUT2D eigenvalue weighted by Gasteiger charge is -2.16. The van der Waals surface area contributed by atoms with Crippen molar-refractivity contribution in [3.63, 3.8) is 0 Å². The Hall–Kier alpha value is -1.26. The monoisotopic (exact) mass is 228 g/mol. The lowest BCUT2D eigenvalue weighted by Crippen LogP contribution is -2.32. The SMILES string of the molecule is CCCC1CN(CCC(=O)OC)C(=O)N1C. The van der Waals surface area contributed by atoms with Crippen LogP contribution in [0.3, 0.4) is 0 Å². The number of carbonyl (C=O) groups is 2. The summed E-state index contributed by atoms with van der Waals surface area (Å²) in [4.78, 5) is 26.3. The molecule has 92 valence electrons. The Bertz CT molecular complexity index is 268. The molecule has 1 rings (SSSR count). The van der Waals surface area contributed by atoms with Gasteiger partial charge in [-0.25, -0.2) is 4.79 Å². The summed E-state index contributed by atoms with van der Waals surface area (Å²) in [6.07, 6.45) is 2.35. The first-order valence-corrected chi connectivity index (χ1v) is 5.68. The van der Waals surface area contributed by atoms with Gasteiger partial charge in [0.25, 0.3) is 0 Å². The summed E-state index contributed by atoms with van der Waals surface area (Å²) in [7, 11) is 3.18. The van der Waals surface area contributed by atoms with Crippen LogP contribution < -0.4 is 0 Å². The summed E-state index contributed by atoms with van der Waals surface area (Å²) in [6, 6.07) is 0.303. The molecule has 1 aliphatic heterocycles. The topological polar surface area (TPSA) is 49.9 Å². The number of likely N-dealkylation sites (N-methyl/N-ethyl adjacent to an activating group) is 1. The second-order valence-electron chi connectivity index (χ2n) is 4.11. The van der Waals surface area contributed by atoms with Crippen LogP contribution in [0.4, 0.5) is 4.79 Å². The Kier molecular flexibility index (Phi) is 4.58. The van der Waals surface area contributed by atoms with Gasteiger partial charge in [0, 0.05) is 20.1 Å². The zero-order valence-corrected chi connectivity index (χ0v) is 10.2. The second-order valence-corrected chi connectivity index (χ2v) is 4.11. The van der Waals surface area contributed by atoms with E-state index in [4.69, 9.17) is 0 Å². The number of rotatable bonds is 5. The van der Waals surface area contributed by atoms with Crippen molar-refractivity contribution in [3.8, 4) is 0 Å². The normalized spacial score (nSPS) is 20.4. The molecular formula is C11H20N2O3. The molecule has 0 aliphatic carbocycles. The fourth-order valence-corrected chi connectivity index (χ4v) is 1.97. The smallest absolute Gasteiger partial charge is 0.320 e. The first-order valence-electron chi connectivity index (χ1n) is 5.68. The molecule has 0 saturated carbocycles. The van der Waals surface area contributed by atoms with Crippen molar-refractivity contribution >= 4 is 12.0 Å². The van der Waals surface area contributed by atoms with E-state index in [0.29, 0.717) is 6.54 Å². The quantitative estimate of drug-likeness (QED) is 0.662. The van der Waals surface area contributed by atoms with E-state index in [9.17, 15) is 9.59 Å². The Morgan fingerprint density at radius 3 is 2.81 bits per heavy atom. The molecule has 0 bridgehead atoms. The molecule has 1 saturated heterocycles. The standard InChI is InChI=1S/C11H20N2O3/c1-4-5-9-8-13(11(15)12(9)2)7-6-10(14)16-3/h9H,4-8H2,1-3H3. The van der Waals surface area contributed by atoms with Crippen LogP contribution in [0.25, 0.3) is 0 Å². The zero-order chi connectivity index (χ0) is 12.1. The summed E-state index contributed by atoms with van der Waals surface area (Å²) < 4.78 is 4.56. The third-order valence-corrected chi connectivity index (χ3v) is 2.99. The first-order chi connectivity index (χ1) is 7.60. The van der Waals surface area contributed by atoms with Crippen LogP contribution in [0.1, 0.15) is 26.2 Å². The van der Waals surface area contributed by atoms with E-state index >= 15 is 0 Å². The summed E-state index contributed by atoms with van der Waals surface area (Å²) in [5.41, 5.74) is 0. The highest BCUT2D eigenvalue weighted by molar-refractivity contribution is 5.78. The summed E-state index contributed by atoms with van der Waals surface area (Å²) >= 11 is 0. The Balaban J connectivity index is 2.44. The zero-order valence-electron chi connectivity index (χ0n) is 10.2. The van der Waals surface area contributed by atoms with Gasteiger partial charge in [0.1, 0.15) is 0 Å². The molecule has 5 nitrogen and oxygen atoms in total. The van der Waals surface area contributed by atoms with Crippen LogP contribution in [-0.4, -0.2) is 55.1 Å². The van der Waals surface area contributed by atoms with Crippen LogP contribution in [0.15, 0.2) is 0 Å². The van der Waals surface area contributed by atoms with Crippen LogP contribution in [0, 0.1) is 0 Å². The largest absolute Gasteiger partial charge is 0.469 e. The van der Waals surface area contributed by atoms with Gasteiger partial charge in [-0.3, -0.25) is 4.79 Å². The van der Waals surface area contributed by atoms with Gasteiger partial charge in [-0.05, 0) is 6.42 Å². The van der Waals surface area contributed by atoms with Crippen LogP contribution >= 0.6 is 0 Å². The molecule has 5 heteroatoms. The average Bonchev–Trinajstić information content (AvgIpc) is 2.55. The van der Waals surface area contributed by atoms with Crippen molar-refractivity contribution in [3.05, 3.63) is 0 Å². The highest BCUT2D eigenvalue weighted by Gasteiger charge is 2.33. The van der Waals surface area contributed by atoms with Gasteiger partial charge in [0.15, 0.2) is 0 Å². The molecule has 1 atom stereocenters. The fourth-order valence-electron chi connectivity index (χ4n) is 1.97. The molecule has 2 amide bonds. The van der Waals surface area contributed by atoms with Gasteiger partial charge < -0.3 is 14.5 Å². The van der Waals surface area contributed by atoms with Gasteiger partial charge in [-0.1, -0.05) is 13.3 Å². The van der Waals surface area contributed by atoms with Crippen molar-refractivity contribution in [1.82, 2.24) is 9.80 Å². The van der Waals surface area contributed by atoms with E-state index in [1.165, 1.54) is 7.11 Å². The molecule has 1 unspecified atom stereocenters. The van der Waals surface area contributed by atoms with Crippen molar-refractivity contribution < 1.29 is 14.3 Å². The van der Waals surface area contributed by atoms with Crippen LogP contribution in [0.2, 0.25) is 0 Å². The maximum absolute atomic E-state index is 11.8. The third-order valence-electron chi connectivity index (χ3n) is 2.99. The van der Waals surface area contributed by atoms with E-state index < -0.39 is 0 Å². The van der Waals surface area contributed by atoms with Gasteiger partial charge >= 0.3 is 12.0 Å². The number of hydrogen-bond donors (Lipinski definition) is 0. The number of methoxy groups -OCH3 is 1. The summed E-state index contributed by atoms with van der Waals surface area (Å²) in [6.45, 7) is 3.28. The maximum atomic E-state index is 11.8. The Labute approximate surface area is 96.3 Å². The molecule has 0 radical (unpaired) electrons. The highest BCUT2D eigenvalue weighted by atomic mass is 16.5. The number of esters is 1. The van der Waals surface area contributed by atoms with E-state index in [1.54, 1.807) is 9.80 Å². The Morgan fingerprint density at radius 2 is 2.25 bits per heavy atom. The van der Waals surface area contributed by atoms with Gasteiger partial charge in [0.05, 0.1) is 19.6 Å². The molecule has 0 aromatic carbocycles. The predicted molar refractivity (Wildman–Crippen MR) is 60.1 cm³/mol. The summed E-state index contributed by atoms with van der Waals surface area (Å²) in [5.74, 6) is -0.269. The van der Waals surface area contributed by atoms with Gasteiger partial charge in [0.2, 0.25) is 0 Å². The summed E-state index contributed by atoms with van der Waals surface area (Å²) in [5, 5.41) is 0. The second kappa shape index (κ2) is 5.72. The van der Waals surface area contributed by atoms with Crippen LogP contribution in [0.5, 0.6) is 0 Å². The number of ether oxygens (including phenoxy) is 1. The van der Waals surface area contributed by atoms with Crippen molar-refractivity contribution in [2.75, 3.05) is 27.2 Å². The molecule has 0 N–H and O–H groups in total. The fraction of sp³-hybridized carbons (Fsp3) is 0.818. The van der Waals surface area contributed by atoms with Crippen molar-refractivity contribution in [1.29, 1.82) is 0 Å². The lowest BCUT2D eigenvalue weighted by molar-refractivity contribution is -0.140. The number of urea groups is 1. The molecular weight excluding hydrogens is 208 g/mol. The molecule has 1 aliphatic rings. The van der Waals surface area contributed by atoms with Gasteiger partial charge in [-0.2, -0.15) is 0 Å². The number of amides is 2. The van der Waals surface area contributed by atoms with Crippen molar-refractivity contribution in [2.45, 2.75) is 32.2 Å². The van der Waals surface area contributed by atoms with Crippen LogP contribution in [-0.2, 0) is 9.53 Å². The number of carbonyl (C=O) groups excluding carboxylic acids is 2. The van der Waals surface area contributed by atoms with E-state index in [2.05, 4.69) is 11.7 Å². The first kappa shape index (κ1) is 12.8. The predicted octanol–water partition coefficient (Wildman–Crippen LogP) is 1.09. The minimum absolute atomic E-state index is 0.0161. The molecule has 16 heavy (non-hydrogen) atoms.